The quantitative estimate of drug-likeness (QED) is 0.700. The summed E-state index contributed by atoms with van der Waals surface area (Å²) in [6, 6.07) is 18.3. The highest BCUT2D eigenvalue weighted by atomic mass is 19.1. The maximum atomic E-state index is 13.0. The first-order valence-corrected chi connectivity index (χ1v) is 9.66. The molecular weight excluding hydrogens is 383 g/mol. The van der Waals surface area contributed by atoms with Crippen LogP contribution in [0.3, 0.4) is 0 Å². The Bertz CT molecular complexity index is 1080. The first-order valence-electron chi connectivity index (χ1n) is 9.66. The fourth-order valence-electron chi connectivity index (χ4n) is 3.52. The predicted octanol–water partition coefficient (Wildman–Crippen LogP) is 3.97. The molecule has 4 rings (SSSR count). The fourth-order valence-corrected chi connectivity index (χ4v) is 3.52. The van der Waals surface area contributed by atoms with Gasteiger partial charge in [-0.1, -0.05) is 12.1 Å². The molecule has 0 fully saturated rings. The second kappa shape index (κ2) is 8.37. The second-order valence-corrected chi connectivity index (χ2v) is 7.09. The number of nitrogens with zero attached hydrogens (tertiary/aromatic N) is 1. The Morgan fingerprint density at radius 3 is 2.40 bits per heavy atom. The lowest BCUT2D eigenvalue weighted by Gasteiger charge is -2.18. The third-order valence-electron chi connectivity index (χ3n) is 5.19. The van der Waals surface area contributed by atoms with Gasteiger partial charge in [-0.2, -0.15) is 0 Å². The number of halogens is 1. The van der Waals surface area contributed by atoms with E-state index in [4.69, 9.17) is 4.74 Å². The van der Waals surface area contributed by atoms with Gasteiger partial charge in [0.2, 0.25) is 0 Å². The van der Waals surface area contributed by atoms with Gasteiger partial charge in [-0.3, -0.25) is 9.59 Å². The Labute approximate surface area is 174 Å². The van der Waals surface area contributed by atoms with Crippen LogP contribution in [0.15, 0.2) is 66.7 Å². The summed E-state index contributed by atoms with van der Waals surface area (Å²) in [6.07, 6.45) is 0.791. The van der Waals surface area contributed by atoms with Crippen molar-refractivity contribution in [3.63, 3.8) is 0 Å². The van der Waals surface area contributed by atoms with Gasteiger partial charge in [-0.05, 0) is 72.1 Å². The Morgan fingerprint density at radius 1 is 1.00 bits per heavy atom. The molecule has 0 bridgehead atoms. The molecule has 1 heterocycles. The Kier molecular flexibility index (Phi) is 5.48. The van der Waals surface area contributed by atoms with Gasteiger partial charge in [0, 0.05) is 29.9 Å². The largest absolute Gasteiger partial charge is 0.497 e. The van der Waals surface area contributed by atoms with Crippen LogP contribution in [0.1, 0.15) is 31.8 Å². The molecule has 0 saturated carbocycles. The highest BCUT2D eigenvalue weighted by molar-refractivity contribution is 6.07. The maximum Gasteiger partial charge on any atom is 0.258 e. The van der Waals surface area contributed by atoms with Gasteiger partial charge in [0.15, 0.2) is 0 Å². The first-order chi connectivity index (χ1) is 14.5. The van der Waals surface area contributed by atoms with E-state index in [1.54, 1.807) is 36.3 Å². The molecule has 0 unspecified atom stereocenters. The van der Waals surface area contributed by atoms with Gasteiger partial charge in [-0.25, -0.2) is 4.39 Å². The Hall–Kier alpha value is -3.67. The normalized spacial score (nSPS) is 12.4. The third kappa shape index (κ3) is 4.03. The van der Waals surface area contributed by atoms with Crippen LogP contribution in [-0.4, -0.2) is 25.5 Å². The molecule has 5 nitrogen and oxygen atoms in total. The lowest BCUT2D eigenvalue weighted by atomic mass is 10.1. The molecule has 0 saturated heterocycles. The molecule has 2 amide bonds. The number of carbonyl (C=O) groups is 2. The number of rotatable bonds is 5. The van der Waals surface area contributed by atoms with E-state index in [1.165, 1.54) is 24.3 Å². The highest BCUT2D eigenvalue weighted by Crippen LogP contribution is 2.30. The summed E-state index contributed by atoms with van der Waals surface area (Å²) in [5, 5.41) is 2.84. The van der Waals surface area contributed by atoms with Gasteiger partial charge in [0.25, 0.3) is 11.8 Å². The Balaban J connectivity index is 1.47. The summed E-state index contributed by atoms with van der Waals surface area (Å²) >= 11 is 0. The SMILES string of the molecule is COc1ccc(C(=O)N2CCc3ccc(CNC(=O)c4ccc(F)cc4)cc32)cc1. The lowest BCUT2D eigenvalue weighted by molar-refractivity contribution is 0.0949. The number of hydrogen-bond donors (Lipinski definition) is 1. The number of carbonyl (C=O) groups excluding carboxylic acids is 2. The fraction of sp³-hybridized carbons (Fsp3) is 0.167. The van der Waals surface area contributed by atoms with E-state index in [0.29, 0.717) is 30.0 Å². The number of benzene rings is 3. The summed E-state index contributed by atoms with van der Waals surface area (Å²) in [7, 11) is 1.59. The van der Waals surface area contributed by atoms with Crippen molar-refractivity contribution < 1.29 is 18.7 Å². The summed E-state index contributed by atoms with van der Waals surface area (Å²) in [5.74, 6) is -0.0232. The van der Waals surface area contributed by atoms with Crippen molar-refractivity contribution in [1.82, 2.24) is 5.32 Å². The molecule has 0 spiro atoms. The molecule has 30 heavy (non-hydrogen) atoms. The standard InChI is InChI=1S/C24H21FN2O3/c1-30-21-10-6-19(7-11-21)24(29)27-13-12-17-3-2-16(14-22(17)27)15-26-23(28)18-4-8-20(25)9-5-18/h2-11,14H,12-13,15H2,1H3,(H,26,28). The average Bonchev–Trinajstić information content (AvgIpc) is 3.20. The van der Waals surface area contributed by atoms with Crippen LogP contribution < -0.4 is 15.0 Å². The first kappa shape index (κ1) is 19.6. The molecule has 3 aromatic carbocycles. The molecule has 1 aliphatic rings. The zero-order valence-corrected chi connectivity index (χ0v) is 16.5. The predicted molar refractivity (Wildman–Crippen MR) is 112 cm³/mol. The van der Waals surface area contributed by atoms with Crippen LogP contribution in [0.4, 0.5) is 10.1 Å². The van der Waals surface area contributed by atoms with Gasteiger partial charge in [-0.15, -0.1) is 0 Å². The minimum atomic E-state index is -0.383. The van der Waals surface area contributed by atoms with Crippen LogP contribution in [0, 0.1) is 5.82 Å². The summed E-state index contributed by atoms with van der Waals surface area (Å²) < 4.78 is 18.2. The van der Waals surface area contributed by atoms with E-state index >= 15 is 0 Å². The van der Waals surface area contributed by atoms with Crippen molar-refractivity contribution in [2.24, 2.45) is 0 Å². The van der Waals surface area contributed by atoms with Crippen molar-refractivity contribution in [3.05, 3.63) is 94.8 Å². The Morgan fingerprint density at radius 2 is 1.70 bits per heavy atom. The summed E-state index contributed by atoms with van der Waals surface area (Å²) in [4.78, 5) is 27.0. The number of ether oxygens (including phenoxy) is 1. The van der Waals surface area contributed by atoms with Gasteiger partial charge in [0.1, 0.15) is 11.6 Å². The van der Waals surface area contributed by atoms with E-state index in [9.17, 15) is 14.0 Å². The zero-order valence-electron chi connectivity index (χ0n) is 16.5. The maximum absolute atomic E-state index is 13.0. The molecule has 1 aliphatic heterocycles. The van der Waals surface area contributed by atoms with Crippen molar-refractivity contribution >= 4 is 17.5 Å². The van der Waals surface area contributed by atoms with Crippen molar-refractivity contribution in [2.75, 3.05) is 18.6 Å². The average molecular weight is 404 g/mol. The van der Waals surface area contributed by atoms with E-state index in [-0.39, 0.29) is 17.6 Å². The van der Waals surface area contributed by atoms with Crippen molar-refractivity contribution in [3.8, 4) is 5.75 Å². The molecule has 0 radical (unpaired) electrons. The lowest BCUT2D eigenvalue weighted by Crippen LogP contribution is -2.29. The van der Waals surface area contributed by atoms with Gasteiger partial charge in [0.05, 0.1) is 7.11 Å². The minimum absolute atomic E-state index is 0.0658. The molecular formula is C24H21FN2O3. The number of hydrogen-bond acceptors (Lipinski definition) is 3. The molecule has 0 atom stereocenters. The molecule has 0 aromatic heterocycles. The number of methoxy groups -OCH3 is 1. The summed E-state index contributed by atoms with van der Waals surface area (Å²) in [5.41, 5.74) is 3.85. The van der Waals surface area contributed by atoms with Crippen LogP contribution in [-0.2, 0) is 13.0 Å². The number of fused-ring (bicyclic) bond motifs is 1. The number of amides is 2. The smallest absolute Gasteiger partial charge is 0.258 e. The minimum Gasteiger partial charge on any atom is -0.497 e. The van der Waals surface area contributed by atoms with E-state index in [2.05, 4.69) is 5.32 Å². The summed E-state index contributed by atoms with van der Waals surface area (Å²) in [6.45, 7) is 0.930. The van der Waals surface area contributed by atoms with Crippen molar-refractivity contribution in [1.29, 1.82) is 0 Å². The van der Waals surface area contributed by atoms with E-state index in [1.807, 2.05) is 18.2 Å². The van der Waals surface area contributed by atoms with Crippen LogP contribution in [0.5, 0.6) is 5.75 Å². The molecule has 0 aliphatic carbocycles. The number of nitrogens with one attached hydrogen (secondary N) is 1. The highest BCUT2D eigenvalue weighted by Gasteiger charge is 2.26. The van der Waals surface area contributed by atoms with Gasteiger partial charge < -0.3 is 15.0 Å². The molecule has 1 N–H and O–H groups in total. The van der Waals surface area contributed by atoms with Crippen LogP contribution in [0.25, 0.3) is 0 Å². The molecule has 152 valence electrons. The number of anilines is 1. The topological polar surface area (TPSA) is 58.6 Å². The van der Waals surface area contributed by atoms with Crippen molar-refractivity contribution in [2.45, 2.75) is 13.0 Å². The van der Waals surface area contributed by atoms with Crippen LogP contribution in [0.2, 0.25) is 0 Å². The van der Waals surface area contributed by atoms with Crippen LogP contribution >= 0.6 is 0 Å². The second-order valence-electron chi connectivity index (χ2n) is 7.09. The van der Waals surface area contributed by atoms with E-state index < -0.39 is 0 Å². The monoisotopic (exact) mass is 404 g/mol. The van der Waals surface area contributed by atoms with E-state index in [0.717, 1.165) is 23.2 Å². The molecule has 6 heteroatoms. The van der Waals surface area contributed by atoms with Gasteiger partial charge >= 0.3 is 0 Å². The third-order valence-corrected chi connectivity index (χ3v) is 5.19. The molecule has 3 aromatic rings. The zero-order chi connectivity index (χ0) is 21.1.